The number of piperidine rings is 1. The quantitative estimate of drug-likeness (QED) is 0.782. The molecule has 3 rings (SSSR count). The summed E-state index contributed by atoms with van der Waals surface area (Å²) in [5.74, 6) is 0.535. The number of hydrogen-bond acceptors (Lipinski definition) is 7. The van der Waals surface area contributed by atoms with Crippen LogP contribution in [0.3, 0.4) is 0 Å². The van der Waals surface area contributed by atoms with Crippen molar-refractivity contribution in [2.24, 2.45) is 0 Å². The zero-order valence-corrected chi connectivity index (χ0v) is 12.7. The lowest BCUT2D eigenvalue weighted by Gasteiger charge is -2.37. The van der Waals surface area contributed by atoms with Crippen molar-refractivity contribution in [2.75, 3.05) is 25.5 Å². The number of rotatable bonds is 4. The molecule has 0 saturated carbocycles. The predicted molar refractivity (Wildman–Crippen MR) is 75.7 cm³/mol. The van der Waals surface area contributed by atoms with Gasteiger partial charge in [-0.3, -0.25) is 4.79 Å². The highest BCUT2D eigenvalue weighted by Crippen LogP contribution is 2.26. The molecule has 6 nitrogen and oxygen atoms in total. The highest BCUT2D eigenvalue weighted by atomic mass is 32.2. The average Bonchev–Trinajstić information content (AvgIpc) is 3.18. The van der Waals surface area contributed by atoms with Gasteiger partial charge in [-0.05, 0) is 19.3 Å². The van der Waals surface area contributed by atoms with Gasteiger partial charge in [-0.25, -0.2) is 0 Å². The first-order chi connectivity index (χ1) is 9.84. The fraction of sp³-hybridized carbons (Fsp3) is 0.750. The van der Waals surface area contributed by atoms with Crippen LogP contribution in [0.25, 0.3) is 0 Å². The zero-order chi connectivity index (χ0) is 13.8. The van der Waals surface area contributed by atoms with Gasteiger partial charge in [-0.1, -0.05) is 23.1 Å². The van der Waals surface area contributed by atoms with Crippen LogP contribution >= 0.6 is 23.1 Å². The van der Waals surface area contributed by atoms with Crippen LogP contribution < -0.4 is 0 Å². The average molecular weight is 315 g/mol. The molecule has 1 aromatic rings. The van der Waals surface area contributed by atoms with Gasteiger partial charge in [0, 0.05) is 6.54 Å². The highest BCUT2D eigenvalue weighted by molar-refractivity contribution is 8.01. The number of carbonyl (C=O) groups is 1. The van der Waals surface area contributed by atoms with Gasteiger partial charge in [0.15, 0.2) is 10.6 Å². The molecule has 110 valence electrons. The molecule has 2 saturated heterocycles. The molecular formula is C12H17N3O3S2. The van der Waals surface area contributed by atoms with E-state index in [9.17, 15) is 4.79 Å². The predicted octanol–water partition coefficient (Wildman–Crippen LogP) is 1.38. The third-order valence-electron chi connectivity index (χ3n) is 3.49. The Kier molecular flexibility index (Phi) is 4.87. The molecule has 0 spiro atoms. The van der Waals surface area contributed by atoms with E-state index in [1.807, 2.05) is 4.90 Å². The molecular weight excluding hydrogens is 298 g/mol. The normalized spacial score (nSPS) is 24.2. The first kappa shape index (κ1) is 14.2. The minimum absolute atomic E-state index is 0.0637. The molecule has 0 radical (unpaired) electrons. The van der Waals surface area contributed by atoms with E-state index < -0.39 is 0 Å². The van der Waals surface area contributed by atoms with Crippen LogP contribution in [0.2, 0.25) is 0 Å². The monoisotopic (exact) mass is 315 g/mol. The van der Waals surface area contributed by atoms with Crippen molar-refractivity contribution < 1.29 is 14.3 Å². The smallest absolute Gasteiger partial charge is 0.233 e. The number of carbonyl (C=O) groups excluding carboxylic acids is 1. The maximum absolute atomic E-state index is 12.4. The number of thioether (sulfide) groups is 1. The maximum Gasteiger partial charge on any atom is 0.233 e. The Morgan fingerprint density at radius 3 is 3.05 bits per heavy atom. The van der Waals surface area contributed by atoms with Crippen molar-refractivity contribution in [1.82, 2.24) is 15.1 Å². The molecule has 0 aromatic carbocycles. The van der Waals surface area contributed by atoms with E-state index in [0.29, 0.717) is 19.0 Å². The van der Waals surface area contributed by atoms with Crippen molar-refractivity contribution in [2.45, 2.75) is 35.9 Å². The molecule has 1 amide bonds. The molecule has 2 fully saturated rings. The van der Waals surface area contributed by atoms with Crippen LogP contribution in [0, 0.1) is 0 Å². The van der Waals surface area contributed by atoms with E-state index in [1.54, 1.807) is 5.51 Å². The molecule has 1 aromatic heterocycles. The van der Waals surface area contributed by atoms with Gasteiger partial charge in [0.1, 0.15) is 5.51 Å². The second kappa shape index (κ2) is 6.84. The molecule has 8 heteroatoms. The molecule has 0 N–H and O–H groups in total. The van der Waals surface area contributed by atoms with Gasteiger partial charge in [0.05, 0.1) is 25.0 Å². The summed E-state index contributed by atoms with van der Waals surface area (Å²) in [6.45, 7) is 2.05. The Morgan fingerprint density at radius 1 is 1.45 bits per heavy atom. The summed E-state index contributed by atoms with van der Waals surface area (Å²) < 4.78 is 12.0. The zero-order valence-electron chi connectivity index (χ0n) is 11.1. The fourth-order valence-electron chi connectivity index (χ4n) is 2.58. The number of likely N-dealkylation sites (tertiary alicyclic amines) is 1. The first-order valence-electron chi connectivity index (χ1n) is 6.76. The van der Waals surface area contributed by atoms with Gasteiger partial charge >= 0.3 is 0 Å². The van der Waals surface area contributed by atoms with E-state index in [1.165, 1.54) is 23.1 Å². The van der Waals surface area contributed by atoms with Crippen molar-refractivity contribution in [3.63, 3.8) is 0 Å². The van der Waals surface area contributed by atoms with Gasteiger partial charge in [0.25, 0.3) is 0 Å². The van der Waals surface area contributed by atoms with E-state index in [2.05, 4.69) is 10.2 Å². The molecule has 1 atom stereocenters. The molecule has 0 bridgehead atoms. The maximum atomic E-state index is 12.4. The topological polar surface area (TPSA) is 64.6 Å². The minimum atomic E-state index is -0.245. The summed E-state index contributed by atoms with van der Waals surface area (Å²) in [6, 6.07) is 0.0637. The van der Waals surface area contributed by atoms with Crippen molar-refractivity contribution in [3.05, 3.63) is 5.51 Å². The lowest BCUT2D eigenvalue weighted by molar-refractivity contribution is -0.148. The van der Waals surface area contributed by atoms with Crippen LogP contribution in [0.5, 0.6) is 0 Å². The SMILES string of the molecule is O=C(CSc1nncs1)N1CCCCC1C1OCCO1. The molecule has 2 aliphatic heterocycles. The van der Waals surface area contributed by atoms with Crippen LogP contribution in [0.4, 0.5) is 0 Å². The van der Waals surface area contributed by atoms with Gasteiger partial charge in [-0.2, -0.15) is 0 Å². The van der Waals surface area contributed by atoms with Crippen molar-refractivity contribution in [3.8, 4) is 0 Å². The molecule has 1 unspecified atom stereocenters. The van der Waals surface area contributed by atoms with E-state index in [4.69, 9.17) is 9.47 Å². The number of ether oxygens (including phenoxy) is 2. The van der Waals surface area contributed by atoms with Gasteiger partial charge in [0.2, 0.25) is 5.91 Å². The Hall–Kier alpha value is -0.700. The lowest BCUT2D eigenvalue weighted by Crippen LogP contribution is -2.50. The molecule has 2 aliphatic rings. The summed E-state index contributed by atoms with van der Waals surface area (Å²) in [6.07, 6.45) is 2.89. The fourth-order valence-corrected chi connectivity index (χ4v) is 3.96. The number of aromatic nitrogens is 2. The Morgan fingerprint density at radius 2 is 2.30 bits per heavy atom. The summed E-state index contributed by atoms with van der Waals surface area (Å²) >= 11 is 2.90. The molecule has 20 heavy (non-hydrogen) atoms. The van der Waals surface area contributed by atoms with E-state index >= 15 is 0 Å². The second-order valence-electron chi connectivity index (χ2n) is 4.75. The van der Waals surface area contributed by atoms with Crippen LogP contribution in [-0.2, 0) is 14.3 Å². The third kappa shape index (κ3) is 3.30. The van der Waals surface area contributed by atoms with Gasteiger partial charge in [-0.15, -0.1) is 10.2 Å². The standard InChI is InChI=1S/C12H17N3O3S2/c16-10(7-19-12-14-13-8-20-12)15-4-2-1-3-9(15)11-17-5-6-18-11/h8-9,11H,1-7H2. The van der Waals surface area contributed by atoms with Crippen LogP contribution in [-0.4, -0.2) is 58.8 Å². The Balaban J connectivity index is 1.58. The summed E-state index contributed by atoms with van der Waals surface area (Å²) in [5.41, 5.74) is 1.68. The van der Waals surface area contributed by atoms with Crippen molar-refractivity contribution >= 4 is 29.0 Å². The molecule has 0 aliphatic carbocycles. The summed E-state index contributed by atoms with van der Waals surface area (Å²) in [4.78, 5) is 14.3. The number of hydrogen-bond donors (Lipinski definition) is 0. The molecule has 3 heterocycles. The van der Waals surface area contributed by atoms with E-state index in [0.717, 1.165) is 30.1 Å². The highest BCUT2D eigenvalue weighted by Gasteiger charge is 2.36. The lowest BCUT2D eigenvalue weighted by atomic mass is 10.0. The second-order valence-corrected chi connectivity index (χ2v) is 6.81. The van der Waals surface area contributed by atoms with Crippen LogP contribution in [0.15, 0.2) is 9.85 Å². The summed E-state index contributed by atoms with van der Waals surface area (Å²) in [7, 11) is 0. The minimum Gasteiger partial charge on any atom is -0.348 e. The Bertz CT molecular complexity index is 437. The Labute approximate surface area is 125 Å². The van der Waals surface area contributed by atoms with E-state index in [-0.39, 0.29) is 18.2 Å². The summed E-state index contributed by atoms with van der Waals surface area (Å²) in [5, 5.41) is 7.71. The van der Waals surface area contributed by atoms with Crippen LogP contribution in [0.1, 0.15) is 19.3 Å². The third-order valence-corrected chi connectivity index (χ3v) is 5.34. The first-order valence-corrected chi connectivity index (χ1v) is 8.63. The largest absolute Gasteiger partial charge is 0.348 e. The number of amides is 1. The number of nitrogens with zero attached hydrogens (tertiary/aromatic N) is 3. The van der Waals surface area contributed by atoms with Crippen molar-refractivity contribution in [1.29, 1.82) is 0 Å². The van der Waals surface area contributed by atoms with Gasteiger partial charge < -0.3 is 14.4 Å².